The van der Waals surface area contributed by atoms with Crippen LogP contribution in [-0.2, 0) is 16.8 Å². The monoisotopic (exact) mass is 407 g/mol. The van der Waals surface area contributed by atoms with Gasteiger partial charge in [-0.3, -0.25) is 9.59 Å². The molecule has 0 atom stereocenters. The molecule has 0 saturated carbocycles. The van der Waals surface area contributed by atoms with Crippen molar-refractivity contribution in [2.75, 3.05) is 6.61 Å². The van der Waals surface area contributed by atoms with Crippen molar-refractivity contribution in [3.05, 3.63) is 70.3 Å². The second-order valence-corrected chi connectivity index (χ2v) is 8.71. The van der Waals surface area contributed by atoms with Gasteiger partial charge in [0.2, 0.25) is 0 Å². The Morgan fingerprint density at radius 3 is 2.40 bits per heavy atom. The van der Waals surface area contributed by atoms with Crippen LogP contribution < -0.4 is 10.3 Å². The van der Waals surface area contributed by atoms with Gasteiger partial charge in [0.25, 0.3) is 11.5 Å². The summed E-state index contributed by atoms with van der Waals surface area (Å²) in [5, 5.41) is 0.533. The molecule has 0 spiro atoms. The zero-order valence-corrected chi connectivity index (χ0v) is 18.2. The molecular weight excluding hydrogens is 378 g/mol. The predicted molar refractivity (Wildman–Crippen MR) is 119 cm³/mol. The Bertz CT molecular complexity index is 1080. The smallest absolute Gasteiger partial charge is 0.261 e. The quantitative estimate of drug-likeness (QED) is 0.669. The van der Waals surface area contributed by atoms with Crippen molar-refractivity contribution in [1.82, 2.24) is 14.9 Å². The number of aromatic amines is 1. The minimum absolute atomic E-state index is 0.0621. The van der Waals surface area contributed by atoms with E-state index in [2.05, 4.69) is 30.7 Å². The zero-order chi connectivity index (χ0) is 21.9. The fourth-order valence-electron chi connectivity index (χ4n) is 3.21. The second-order valence-electron chi connectivity index (χ2n) is 8.71. The number of fused-ring (bicyclic) bond motifs is 1. The third kappa shape index (κ3) is 5.06. The lowest BCUT2D eigenvalue weighted by atomic mass is 9.87. The van der Waals surface area contributed by atoms with Crippen molar-refractivity contribution in [3.63, 3.8) is 0 Å². The molecule has 0 bridgehead atoms. The molecule has 0 aliphatic heterocycles. The zero-order valence-electron chi connectivity index (χ0n) is 18.2. The fourth-order valence-corrected chi connectivity index (χ4v) is 3.21. The first-order valence-corrected chi connectivity index (χ1v) is 10.2. The molecule has 6 nitrogen and oxygen atoms in total. The highest BCUT2D eigenvalue weighted by atomic mass is 16.5. The van der Waals surface area contributed by atoms with Crippen molar-refractivity contribution in [2.45, 2.75) is 52.6 Å². The van der Waals surface area contributed by atoms with Gasteiger partial charge in [-0.2, -0.15) is 0 Å². The summed E-state index contributed by atoms with van der Waals surface area (Å²) in [4.78, 5) is 34.1. The maximum atomic E-state index is 12.8. The fraction of sp³-hybridized carbons (Fsp3) is 0.375. The minimum Gasteiger partial charge on any atom is -0.484 e. The van der Waals surface area contributed by atoms with Crippen molar-refractivity contribution < 1.29 is 9.53 Å². The van der Waals surface area contributed by atoms with Gasteiger partial charge in [-0.25, -0.2) is 4.98 Å². The lowest BCUT2D eigenvalue weighted by molar-refractivity contribution is -0.135. The largest absolute Gasteiger partial charge is 0.484 e. The number of nitrogens with zero attached hydrogens (tertiary/aromatic N) is 2. The second kappa shape index (κ2) is 8.69. The van der Waals surface area contributed by atoms with Gasteiger partial charge in [-0.05, 0) is 49.1 Å². The molecule has 1 N–H and O–H groups in total. The first-order valence-electron chi connectivity index (χ1n) is 10.2. The van der Waals surface area contributed by atoms with E-state index in [0.29, 0.717) is 22.5 Å². The lowest BCUT2D eigenvalue weighted by Gasteiger charge is -2.26. The van der Waals surface area contributed by atoms with Crippen molar-refractivity contribution in [1.29, 1.82) is 0 Å². The highest BCUT2D eigenvalue weighted by Crippen LogP contribution is 2.24. The number of carbonyl (C=O) groups excluding carboxylic acids is 1. The van der Waals surface area contributed by atoms with Crippen LogP contribution in [0.5, 0.6) is 5.75 Å². The number of hydrogen-bond acceptors (Lipinski definition) is 4. The van der Waals surface area contributed by atoms with Crippen LogP contribution in [0.3, 0.4) is 0 Å². The van der Waals surface area contributed by atoms with Gasteiger partial charge in [0, 0.05) is 6.04 Å². The van der Waals surface area contributed by atoms with Crippen LogP contribution in [0.15, 0.2) is 53.3 Å². The summed E-state index contributed by atoms with van der Waals surface area (Å²) >= 11 is 0. The van der Waals surface area contributed by atoms with Gasteiger partial charge in [0.05, 0.1) is 17.4 Å². The van der Waals surface area contributed by atoms with Crippen LogP contribution in [0.2, 0.25) is 0 Å². The first-order chi connectivity index (χ1) is 14.1. The Kier molecular flexibility index (Phi) is 6.25. The third-order valence-corrected chi connectivity index (χ3v) is 5.01. The van der Waals surface area contributed by atoms with E-state index in [4.69, 9.17) is 4.74 Å². The maximum absolute atomic E-state index is 12.8. The van der Waals surface area contributed by atoms with E-state index in [-0.39, 0.29) is 36.1 Å². The Morgan fingerprint density at radius 1 is 1.10 bits per heavy atom. The number of carbonyl (C=O) groups is 1. The molecule has 0 radical (unpaired) electrons. The summed E-state index contributed by atoms with van der Waals surface area (Å²) in [5.41, 5.74) is 1.67. The molecule has 3 rings (SSSR count). The molecule has 1 aromatic heterocycles. The average Bonchev–Trinajstić information content (AvgIpc) is 2.70. The highest BCUT2D eigenvalue weighted by Gasteiger charge is 2.20. The van der Waals surface area contributed by atoms with Gasteiger partial charge in [0.15, 0.2) is 6.61 Å². The molecule has 0 saturated heterocycles. The van der Waals surface area contributed by atoms with E-state index in [1.807, 2.05) is 44.2 Å². The normalized spacial score (nSPS) is 11.7. The van der Waals surface area contributed by atoms with E-state index >= 15 is 0 Å². The van der Waals surface area contributed by atoms with Gasteiger partial charge < -0.3 is 14.6 Å². The summed E-state index contributed by atoms with van der Waals surface area (Å²) in [7, 11) is 0. The lowest BCUT2D eigenvalue weighted by Crippen LogP contribution is -2.40. The van der Waals surface area contributed by atoms with E-state index in [9.17, 15) is 9.59 Å². The summed E-state index contributed by atoms with van der Waals surface area (Å²) in [5.74, 6) is 0.938. The van der Waals surface area contributed by atoms with Crippen LogP contribution in [0.4, 0.5) is 0 Å². The van der Waals surface area contributed by atoms with E-state index in [1.165, 1.54) is 5.56 Å². The number of amides is 1. The van der Waals surface area contributed by atoms with Gasteiger partial charge in [-0.15, -0.1) is 0 Å². The number of aromatic nitrogens is 2. The molecule has 1 amide bonds. The molecule has 158 valence electrons. The van der Waals surface area contributed by atoms with Crippen LogP contribution in [0, 0.1) is 0 Å². The first kappa shape index (κ1) is 21.6. The minimum atomic E-state index is -0.207. The Hall–Kier alpha value is -3.15. The van der Waals surface area contributed by atoms with Gasteiger partial charge in [0.1, 0.15) is 11.6 Å². The Morgan fingerprint density at radius 2 is 1.77 bits per heavy atom. The number of ether oxygens (including phenoxy) is 1. The molecular formula is C24H29N3O3. The van der Waals surface area contributed by atoms with Crippen molar-refractivity contribution >= 4 is 16.8 Å². The van der Waals surface area contributed by atoms with Crippen LogP contribution >= 0.6 is 0 Å². The van der Waals surface area contributed by atoms with Crippen LogP contribution in [0.25, 0.3) is 10.9 Å². The van der Waals surface area contributed by atoms with E-state index in [1.54, 1.807) is 23.1 Å². The van der Waals surface area contributed by atoms with Crippen molar-refractivity contribution in [3.8, 4) is 5.75 Å². The summed E-state index contributed by atoms with van der Waals surface area (Å²) < 4.78 is 5.71. The van der Waals surface area contributed by atoms with Crippen LogP contribution in [-0.4, -0.2) is 33.4 Å². The predicted octanol–water partition coefficient (Wildman–Crippen LogP) is 4.04. The van der Waals surface area contributed by atoms with E-state index < -0.39 is 0 Å². The Labute approximate surface area is 176 Å². The molecule has 30 heavy (non-hydrogen) atoms. The summed E-state index contributed by atoms with van der Waals surface area (Å²) in [6, 6.07) is 14.9. The standard InChI is InChI=1S/C24H29N3O3/c1-16(2)27(14-21-25-20-9-7-6-8-19(20)23(29)26-21)22(28)15-30-18-12-10-17(11-13-18)24(3,4)5/h6-13,16H,14-15H2,1-5H3,(H,25,26,29). The van der Waals surface area contributed by atoms with Gasteiger partial charge in [-0.1, -0.05) is 45.0 Å². The number of para-hydroxylation sites is 1. The molecule has 0 aliphatic rings. The molecule has 1 heterocycles. The van der Waals surface area contributed by atoms with Crippen LogP contribution in [0.1, 0.15) is 46.0 Å². The maximum Gasteiger partial charge on any atom is 0.261 e. The number of hydrogen-bond donors (Lipinski definition) is 1. The Balaban J connectivity index is 1.70. The molecule has 0 fully saturated rings. The summed E-state index contributed by atoms with van der Waals surface area (Å²) in [6.45, 7) is 10.4. The molecule has 0 aliphatic carbocycles. The SMILES string of the molecule is CC(C)N(Cc1nc2ccccc2c(=O)[nH]1)C(=O)COc1ccc(C(C)(C)C)cc1. The number of rotatable bonds is 6. The number of benzene rings is 2. The average molecular weight is 408 g/mol. The molecule has 0 unspecified atom stereocenters. The topological polar surface area (TPSA) is 75.3 Å². The summed E-state index contributed by atoms with van der Waals surface area (Å²) in [6.07, 6.45) is 0. The highest BCUT2D eigenvalue weighted by molar-refractivity contribution is 5.79. The molecule has 6 heteroatoms. The number of nitrogens with one attached hydrogen (secondary N) is 1. The van der Waals surface area contributed by atoms with Gasteiger partial charge >= 0.3 is 0 Å². The molecule has 3 aromatic rings. The number of H-pyrrole nitrogens is 1. The van der Waals surface area contributed by atoms with Crippen molar-refractivity contribution in [2.24, 2.45) is 0 Å². The third-order valence-electron chi connectivity index (χ3n) is 5.01. The molecule has 2 aromatic carbocycles. The van der Waals surface area contributed by atoms with E-state index in [0.717, 1.165) is 0 Å².